The van der Waals surface area contributed by atoms with E-state index in [0.29, 0.717) is 26.4 Å². The summed E-state index contributed by atoms with van der Waals surface area (Å²) in [5.41, 5.74) is -3.83. The van der Waals surface area contributed by atoms with Crippen LogP contribution >= 0.6 is 0 Å². The molecule has 122 valence electrons. The second-order valence-electron chi connectivity index (χ2n) is 5.82. The van der Waals surface area contributed by atoms with Crippen LogP contribution < -0.4 is 10.6 Å². The molecule has 1 rings (SSSR count). The summed E-state index contributed by atoms with van der Waals surface area (Å²) in [6, 6.07) is -1.54. The number of urea groups is 1. The van der Waals surface area contributed by atoms with E-state index >= 15 is 0 Å². The van der Waals surface area contributed by atoms with Crippen LogP contribution in [0.15, 0.2) is 0 Å². The summed E-state index contributed by atoms with van der Waals surface area (Å²) in [5.74, 6) is -2.17. The first-order valence-corrected chi connectivity index (χ1v) is 6.40. The third-order valence-electron chi connectivity index (χ3n) is 3.39. The number of halogens is 3. The standard InChI is InChI=1S/C12H19F3N2O4/c1-10(2)6-7(4-5-21-10)16-9(20)17-11(3,8(18)19)12(13,14)15/h7H,4-6H2,1-3H3,(H,18,19)(H2,16,17,20). The minimum atomic E-state index is -5.11. The van der Waals surface area contributed by atoms with Gasteiger partial charge in [0.05, 0.1) is 5.60 Å². The van der Waals surface area contributed by atoms with Crippen molar-refractivity contribution < 1.29 is 32.6 Å². The van der Waals surface area contributed by atoms with Crippen LogP contribution in [-0.4, -0.2) is 47.1 Å². The molecular weight excluding hydrogens is 293 g/mol. The molecule has 6 nitrogen and oxygen atoms in total. The number of carboxylic acid groups (broad SMARTS) is 1. The summed E-state index contributed by atoms with van der Waals surface area (Å²) in [4.78, 5) is 22.5. The number of hydrogen-bond acceptors (Lipinski definition) is 3. The topological polar surface area (TPSA) is 87.7 Å². The first-order chi connectivity index (χ1) is 9.37. The lowest BCUT2D eigenvalue weighted by molar-refractivity contribution is -0.203. The van der Waals surface area contributed by atoms with Crippen molar-refractivity contribution in [3.8, 4) is 0 Å². The lowest BCUT2D eigenvalue weighted by Crippen LogP contribution is -2.64. The number of amides is 2. The average molecular weight is 312 g/mol. The Labute approximate surface area is 120 Å². The normalized spacial score (nSPS) is 24.8. The number of carbonyl (C=O) groups excluding carboxylic acids is 1. The van der Waals surface area contributed by atoms with Gasteiger partial charge >= 0.3 is 18.2 Å². The van der Waals surface area contributed by atoms with E-state index in [1.54, 1.807) is 13.8 Å². The summed E-state index contributed by atoms with van der Waals surface area (Å²) < 4.78 is 43.7. The predicted octanol–water partition coefficient (Wildman–Crippen LogP) is 1.65. The van der Waals surface area contributed by atoms with E-state index < -0.39 is 29.3 Å². The van der Waals surface area contributed by atoms with Crippen molar-refractivity contribution in [2.75, 3.05) is 6.61 Å². The molecule has 0 aromatic rings. The van der Waals surface area contributed by atoms with Crippen LogP contribution in [0.4, 0.5) is 18.0 Å². The third-order valence-corrected chi connectivity index (χ3v) is 3.39. The van der Waals surface area contributed by atoms with Gasteiger partial charge in [-0.25, -0.2) is 9.59 Å². The predicted molar refractivity (Wildman–Crippen MR) is 66.8 cm³/mol. The molecule has 21 heavy (non-hydrogen) atoms. The zero-order valence-electron chi connectivity index (χ0n) is 12.0. The highest BCUT2D eigenvalue weighted by Crippen LogP contribution is 2.30. The number of alkyl halides is 3. The molecule has 0 aromatic carbocycles. The number of carbonyl (C=O) groups is 2. The molecular formula is C12H19F3N2O4. The zero-order valence-corrected chi connectivity index (χ0v) is 12.0. The monoisotopic (exact) mass is 312 g/mol. The quantitative estimate of drug-likeness (QED) is 0.739. The Balaban J connectivity index is 2.70. The first kappa shape index (κ1) is 17.5. The fraction of sp³-hybridized carbons (Fsp3) is 0.833. The summed E-state index contributed by atoms with van der Waals surface area (Å²) in [7, 11) is 0. The Kier molecular flexibility index (Phi) is 4.76. The van der Waals surface area contributed by atoms with Crippen molar-refractivity contribution in [3.63, 3.8) is 0 Å². The van der Waals surface area contributed by atoms with Crippen molar-refractivity contribution in [1.29, 1.82) is 0 Å². The van der Waals surface area contributed by atoms with Gasteiger partial charge < -0.3 is 20.5 Å². The van der Waals surface area contributed by atoms with Gasteiger partial charge in [-0.1, -0.05) is 0 Å². The minimum absolute atomic E-state index is 0.368. The van der Waals surface area contributed by atoms with Crippen LogP contribution in [0, 0.1) is 0 Å². The van der Waals surface area contributed by atoms with Gasteiger partial charge in [0.2, 0.25) is 5.54 Å². The largest absolute Gasteiger partial charge is 0.479 e. The molecule has 3 N–H and O–H groups in total. The molecule has 1 aliphatic rings. The number of carboxylic acids is 1. The van der Waals surface area contributed by atoms with Crippen molar-refractivity contribution in [2.24, 2.45) is 0 Å². The molecule has 1 fully saturated rings. The SMILES string of the molecule is CC1(C)CC(NC(=O)NC(C)(C(=O)O)C(F)(F)F)CCO1. The van der Waals surface area contributed by atoms with Crippen LogP contribution in [0.2, 0.25) is 0 Å². The lowest BCUT2D eigenvalue weighted by Gasteiger charge is -2.36. The van der Waals surface area contributed by atoms with E-state index in [2.05, 4.69) is 5.32 Å². The van der Waals surface area contributed by atoms with Crippen LogP contribution in [-0.2, 0) is 9.53 Å². The van der Waals surface area contributed by atoms with Crippen LogP contribution in [0.25, 0.3) is 0 Å². The highest BCUT2D eigenvalue weighted by Gasteiger charge is 2.58. The molecule has 2 atom stereocenters. The molecule has 0 bridgehead atoms. The van der Waals surface area contributed by atoms with Gasteiger partial charge in [0.25, 0.3) is 0 Å². The molecule has 0 spiro atoms. The van der Waals surface area contributed by atoms with Crippen molar-refractivity contribution in [1.82, 2.24) is 10.6 Å². The molecule has 0 radical (unpaired) electrons. The number of hydrogen-bond donors (Lipinski definition) is 3. The second-order valence-corrected chi connectivity index (χ2v) is 5.82. The maximum atomic E-state index is 12.8. The zero-order chi connectivity index (χ0) is 16.5. The highest BCUT2D eigenvalue weighted by molar-refractivity contribution is 5.86. The fourth-order valence-electron chi connectivity index (χ4n) is 2.05. The van der Waals surface area contributed by atoms with Crippen LogP contribution in [0.3, 0.4) is 0 Å². The molecule has 0 aromatic heterocycles. The van der Waals surface area contributed by atoms with E-state index in [9.17, 15) is 22.8 Å². The van der Waals surface area contributed by atoms with E-state index in [4.69, 9.17) is 9.84 Å². The Hall–Kier alpha value is -1.51. The van der Waals surface area contributed by atoms with Crippen LogP contribution in [0.5, 0.6) is 0 Å². The van der Waals surface area contributed by atoms with Gasteiger partial charge in [-0.3, -0.25) is 0 Å². The van der Waals surface area contributed by atoms with Gasteiger partial charge in [-0.05, 0) is 33.6 Å². The molecule has 2 unspecified atom stereocenters. The number of rotatable bonds is 3. The lowest BCUT2D eigenvalue weighted by atomic mass is 9.94. The molecule has 0 saturated carbocycles. The highest BCUT2D eigenvalue weighted by atomic mass is 19.4. The van der Waals surface area contributed by atoms with E-state index in [-0.39, 0.29) is 6.04 Å². The summed E-state index contributed by atoms with van der Waals surface area (Å²) in [6.07, 6.45) is -4.23. The second kappa shape index (κ2) is 5.70. The fourth-order valence-corrected chi connectivity index (χ4v) is 2.05. The first-order valence-electron chi connectivity index (χ1n) is 6.40. The molecule has 9 heteroatoms. The van der Waals surface area contributed by atoms with E-state index in [1.165, 1.54) is 5.32 Å². The molecule has 2 amide bonds. The molecule has 1 saturated heterocycles. The number of nitrogens with one attached hydrogen (secondary N) is 2. The summed E-state index contributed by atoms with van der Waals surface area (Å²) in [5, 5.41) is 12.6. The Bertz CT molecular complexity index is 425. The number of aliphatic carboxylic acids is 1. The van der Waals surface area contributed by atoms with Crippen molar-refractivity contribution in [3.05, 3.63) is 0 Å². The smallest absolute Gasteiger partial charge is 0.422 e. The Morgan fingerprint density at radius 2 is 1.90 bits per heavy atom. The van der Waals surface area contributed by atoms with Crippen molar-refractivity contribution in [2.45, 2.75) is 57.0 Å². The summed E-state index contributed by atoms with van der Waals surface area (Å²) >= 11 is 0. The molecule has 1 heterocycles. The van der Waals surface area contributed by atoms with Crippen molar-refractivity contribution >= 4 is 12.0 Å². The molecule has 0 aliphatic carbocycles. The van der Waals surface area contributed by atoms with Gasteiger partial charge in [0.1, 0.15) is 0 Å². The minimum Gasteiger partial charge on any atom is -0.479 e. The molecule has 1 aliphatic heterocycles. The number of ether oxygens (including phenoxy) is 1. The van der Waals surface area contributed by atoms with Gasteiger partial charge in [-0.15, -0.1) is 0 Å². The van der Waals surface area contributed by atoms with E-state index in [0.717, 1.165) is 0 Å². The van der Waals surface area contributed by atoms with Gasteiger partial charge in [0.15, 0.2) is 0 Å². The van der Waals surface area contributed by atoms with Gasteiger partial charge in [0, 0.05) is 12.6 Å². The Morgan fingerprint density at radius 1 is 1.33 bits per heavy atom. The third kappa shape index (κ3) is 4.23. The Morgan fingerprint density at radius 3 is 2.33 bits per heavy atom. The maximum Gasteiger partial charge on any atom is 0.422 e. The van der Waals surface area contributed by atoms with Crippen LogP contribution in [0.1, 0.15) is 33.6 Å². The van der Waals surface area contributed by atoms with Gasteiger partial charge in [-0.2, -0.15) is 13.2 Å². The maximum absolute atomic E-state index is 12.8. The summed E-state index contributed by atoms with van der Waals surface area (Å²) in [6.45, 7) is 4.38. The van der Waals surface area contributed by atoms with E-state index in [1.807, 2.05) is 0 Å². The average Bonchev–Trinajstić information content (AvgIpc) is 2.25.